The molecule has 1 N–H and O–H groups in total. The molecule has 2 aromatic carbocycles. The number of amides is 1. The van der Waals surface area contributed by atoms with Crippen molar-refractivity contribution in [3.05, 3.63) is 84.1 Å². The van der Waals surface area contributed by atoms with E-state index < -0.39 is 0 Å². The molecule has 0 atom stereocenters. The molecule has 0 saturated heterocycles. The summed E-state index contributed by atoms with van der Waals surface area (Å²) in [6.45, 7) is 2.96. The van der Waals surface area contributed by atoms with Crippen molar-refractivity contribution < 1.29 is 23.2 Å². The molecule has 0 fully saturated rings. The van der Waals surface area contributed by atoms with Crippen LogP contribution in [0.4, 0.5) is 4.39 Å². The fourth-order valence-electron chi connectivity index (χ4n) is 3.16. The van der Waals surface area contributed by atoms with Gasteiger partial charge in [-0.3, -0.25) is 4.79 Å². The lowest BCUT2D eigenvalue weighted by molar-refractivity contribution is -0.121. The second-order valence-electron chi connectivity index (χ2n) is 7.68. The summed E-state index contributed by atoms with van der Waals surface area (Å²) in [5.74, 6) is 1.96. The average Bonchev–Trinajstić information content (AvgIpc) is 3.36. The van der Waals surface area contributed by atoms with Gasteiger partial charge in [0.1, 0.15) is 17.3 Å². The van der Waals surface area contributed by atoms with Crippen LogP contribution < -0.4 is 14.8 Å². The van der Waals surface area contributed by atoms with E-state index in [1.54, 1.807) is 24.4 Å². The topological polar surface area (TPSA) is 99.4 Å². The van der Waals surface area contributed by atoms with Gasteiger partial charge in [0.05, 0.1) is 6.61 Å². The molecule has 0 spiro atoms. The summed E-state index contributed by atoms with van der Waals surface area (Å²) in [6.07, 6.45) is 3.02. The number of benzene rings is 2. The molecule has 8 nitrogen and oxygen atoms in total. The third-order valence-corrected chi connectivity index (χ3v) is 4.97. The fourth-order valence-corrected chi connectivity index (χ4v) is 3.16. The van der Waals surface area contributed by atoms with E-state index in [0.29, 0.717) is 35.5 Å². The molecular weight excluding hydrogens is 451 g/mol. The number of hydrogen-bond acceptors (Lipinski definition) is 7. The first kappa shape index (κ1) is 23.9. The van der Waals surface area contributed by atoms with Gasteiger partial charge in [-0.25, -0.2) is 9.37 Å². The van der Waals surface area contributed by atoms with Crippen LogP contribution in [0.15, 0.2) is 71.4 Å². The van der Waals surface area contributed by atoms with Crippen LogP contribution in [-0.4, -0.2) is 27.6 Å². The highest BCUT2D eigenvalue weighted by Gasteiger charge is 2.12. The number of carbonyl (C=O) groups is 1. The Morgan fingerprint density at radius 2 is 1.83 bits per heavy atom. The third kappa shape index (κ3) is 6.86. The van der Waals surface area contributed by atoms with Crippen LogP contribution >= 0.6 is 0 Å². The number of pyridine rings is 1. The second kappa shape index (κ2) is 11.7. The number of aromatic nitrogens is 3. The number of aryl methyl sites for hydroxylation is 1. The SMILES string of the molecule is CCCOc1ccc(Oc2ncccc2CNC(=O)CCc2nc(-c3ccc(F)cc3)no2)cc1. The van der Waals surface area contributed by atoms with Gasteiger partial charge < -0.3 is 19.3 Å². The number of ether oxygens (including phenoxy) is 2. The number of nitrogens with zero attached hydrogens (tertiary/aromatic N) is 3. The highest BCUT2D eigenvalue weighted by atomic mass is 19.1. The van der Waals surface area contributed by atoms with Gasteiger partial charge in [0.15, 0.2) is 0 Å². The molecule has 0 bridgehead atoms. The molecule has 0 saturated carbocycles. The third-order valence-electron chi connectivity index (χ3n) is 4.97. The normalized spacial score (nSPS) is 10.7. The zero-order chi connectivity index (χ0) is 24.5. The molecule has 1 amide bonds. The molecule has 0 unspecified atom stereocenters. The summed E-state index contributed by atoms with van der Waals surface area (Å²) >= 11 is 0. The molecule has 0 aliphatic rings. The summed E-state index contributed by atoms with van der Waals surface area (Å²) in [5, 5.41) is 6.75. The van der Waals surface area contributed by atoms with Crippen LogP contribution in [0.3, 0.4) is 0 Å². The number of hydrogen-bond donors (Lipinski definition) is 1. The Balaban J connectivity index is 1.28. The van der Waals surface area contributed by atoms with E-state index >= 15 is 0 Å². The number of nitrogens with one attached hydrogen (secondary N) is 1. The van der Waals surface area contributed by atoms with Crippen molar-refractivity contribution in [1.29, 1.82) is 0 Å². The van der Waals surface area contributed by atoms with Crippen LogP contribution in [0.1, 0.15) is 31.2 Å². The van der Waals surface area contributed by atoms with E-state index in [1.807, 2.05) is 30.3 Å². The Morgan fingerprint density at radius 1 is 1.06 bits per heavy atom. The maximum Gasteiger partial charge on any atom is 0.227 e. The van der Waals surface area contributed by atoms with E-state index in [-0.39, 0.29) is 31.1 Å². The minimum atomic E-state index is -0.341. The highest BCUT2D eigenvalue weighted by Crippen LogP contribution is 2.25. The molecule has 0 aliphatic heterocycles. The van der Waals surface area contributed by atoms with Crippen LogP contribution in [0, 0.1) is 5.82 Å². The van der Waals surface area contributed by atoms with Crippen molar-refractivity contribution >= 4 is 5.91 Å². The predicted molar refractivity (Wildman–Crippen MR) is 126 cm³/mol. The van der Waals surface area contributed by atoms with Gasteiger partial charge in [-0.2, -0.15) is 4.98 Å². The predicted octanol–water partition coefficient (Wildman–Crippen LogP) is 5.10. The van der Waals surface area contributed by atoms with E-state index in [0.717, 1.165) is 17.7 Å². The van der Waals surface area contributed by atoms with E-state index in [2.05, 4.69) is 27.4 Å². The zero-order valence-electron chi connectivity index (χ0n) is 19.2. The van der Waals surface area contributed by atoms with Gasteiger partial charge in [0, 0.05) is 36.7 Å². The molecule has 35 heavy (non-hydrogen) atoms. The lowest BCUT2D eigenvalue weighted by Gasteiger charge is -2.11. The van der Waals surface area contributed by atoms with Gasteiger partial charge in [-0.15, -0.1) is 0 Å². The number of rotatable bonds is 11. The molecule has 9 heteroatoms. The van der Waals surface area contributed by atoms with E-state index in [1.165, 1.54) is 12.1 Å². The number of carbonyl (C=O) groups excluding carboxylic acids is 1. The van der Waals surface area contributed by atoms with Crippen molar-refractivity contribution in [3.63, 3.8) is 0 Å². The Hall–Kier alpha value is -4.27. The quantitative estimate of drug-likeness (QED) is 0.321. The van der Waals surface area contributed by atoms with Gasteiger partial charge >= 0.3 is 0 Å². The van der Waals surface area contributed by atoms with Crippen LogP contribution in [0.25, 0.3) is 11.4 Å². The van der Waals surface area contributed by atoms with Crippen LogP contribution in [0.2, 0.25) is 0 Å². The Bertz CT molecular complexity index is 1240. The van der Waals surface area contributed by atoms with E-state index in [4.69, 9.17) is 14.0 Å². The fraction of sp³-hybridized carbons (Fsp3) is 0.231. The lowest BCUT2D eigenvalue weighted by Crippen LogP contribution is -2.23. The average molecular weight is 477 g/mol. The number of halogens is 1. The van der Waals surface area contributed by atoms with Gasteiger partial charge in [-0.05, 0) is 61.0 Å². The van der Waals surface area contributed by atoms with Gasteiger partial charge in [0.2, 0.25) is 23.5 Å². The van der Waals surface area contributed by atoms with Gasteiger partial charge in [-0.1, -0.05) is 18.1 Å². The Kier molecular flexibility index (Phi) is 8.00. The summed E-state index contributed by atoms with van der Waals surface area (Å²) in [7, 11) is 0. The largest absolute Gasteiger partial charge is 0.494 e. The first-order valence-electron chi connectivity index (χ1n) is 11.3. The summed E-state index contributed by atoms with van der Waals surface area (Å²) in [4.78, 5) is 20.9. The highest BCUT2D eigenvalue weighted by molar-refractivity contribution is 5.76. The molecule has 180 valence electrons. The van der Waals surface area contributed by atoms with Crippen molar-refractivity contribution in [2.45, 2.75) is 32.7 Å². The van der Waals surface area contributed by atoms with Crippen molar-refractivity contribution in [2.75, 3.05) is 6.61 Å². The first-order chi connectivity index (χ1) is 17.1. The summed E-state index contributed by atoms with van der Waals surface area (Å²) in [5.41, 5.74) is 1.38. The summed E-state index contributed by atoms with van der Waals surface area (Å²) in [6, 6.07) is 16.7. The lowest BCUT2D eigenvalue weighted by atomic mass is 10.2. The Morgan fingerprint density at radius 3 is 2.60 bits per heavy atom. The maximum absolute atomic E-state index is 13.1. The van der Waals surface area contributed by atoms with Crippen molar-refractivity contribution in [2.24, 2.45) is 0 Å². The molecule has 2 heterocycles. The van der Waals surface area contributed by atoms with Crippen LogP contribution in [-0.2, 0) is 17.8 Å². The first-order valence-corrected chi connectivity index (χ1v) is 11.3. The molecular formula is C26H25FN4O4. The maximum atomic E-state index is 13.1. The standard InChI is InChI=1S/C26H25FN4O4/c1-2-16-33-21-9-11-22(12-10-21)34-26-19(4-3-15-28-26)17-29-23(32)13-14-24-30-25(31-35-24)18-5-7-20(27)8-6-18/h3-12,15H,2,13-14,16-17H2,1H3,(H,29,32). The molecule has 2 aromatic heterocycles. The second-order valence-corrected chi connectivity index (χ2v) is 7.68. The van der Waals surface area contributed by atoms with E-state index in [9.17, 15) is 9.18 Å². The molecule has 4 aromatic rings. The molecule has 0 aliphatic carbocycles. The molecule has 4 rings (SSSR count). The van der Waals surface area contributed by atoms with Crippen molar-refractivity contribution in [1.82, 2.24) is 20.4 Å². The minimum absolute atomic E-state index is 0.167. The minimum Gasteiger partial charge on any atom is -0.494 e. The smallest absolute Gasteiger partial charge is 0.227 e. The Labute approximate surface area is 202 Å². The zero-order valence-corrected chi connectivity index (χ0v) is 19.2. The van der Waals surface area contributed by atoms with Crippen molar-refractivity contribution in [3.8, 4) is 28.8 Å². The molecule has 0 radical (unpaired) electrons. The van der Waals surface area contributed by atoms with Crippen LogP contribution in [0.5, 0.6) is 17.4 Å². The van der Waals surface area contributed by atoms with Gasteiger partial charge in [0.25, 0.3) is 0 Å². The monoisotopic (exact) mass is 476 g/mol. The summed E-state index contributed by atoms with van der Waals surface area (Å²) < 4.78 is 29.8.